The van der Waals surface area contributed by atoms with Crippen LogP contribution in [0.15, 0.2) is 42.5 Å². The number of benzene rings is 1. The number of carbonyl (C=O) groups excluding carboxylic acids is 3. The summed E-state index contributed by atoms with van der Waals surface area (Å²) in [6, 6.07) is 4.91. The van der Waals surface area contributed by atoms with Gasteiger partial charge in [-0.2, -0.15) is 0 Å². The van der Waals surface area contributed by atoms with Crippen molar-refractivity contribution in [2.24, 2.45) is 11.8 Å². The summed E-state index contributed by atoms with van der Waals surface area (Å²) >= 11 is 0. The van der Waals surface area contributed by atoms with Crippen LogP contribution in [0.4, 0.5) is 5.69 Å². The molecule has 186 valence electrons. The third-order valence-electron chi connectivity index (χ3n) is 7.79. The van der Waals surface area contributed by atoms with E-state index in [9.17, 15) is 19.5 Å². The van der Waals surface area contributed by atoms with Crippen LogP contribution in [0.25, 0.3) is 0 Å². The Morgan fingerprint density at radius 2 is 1.80 bits per heavy atom. The fourth-order valence-electron chi connectivity index (χ4n) is 6.40. The number of esters is 1. The molecule has 5 atom stereocenters. The molecule has 4 aliphatic rings. The molecule has 4 heterocycles. The van der Waals surface area contributed by atoms with Gasteiger partial charge < -0.3 is 24.4 Å². The van der Waals surface area contributed by atoms with Crippen LogP contribution in [-0.2, 0) is 23.9 Å². The van der Waals surface area contributed by atoms with Crippen LogP contribution in [0, 0.1) is 25.7 Å². The lowest BCUT2D eigenvalue weighted by atomic mass is 9.74. The van der Waals surface area contributed by atoms with Gasteiger partial charge in [0, 0.05) is 25.4 Å². The molecule has 35 heavy (non-hydrogen) atoms. The van der Waals surface area contributed by atoms with Gasteiger partial charge in [-0.05, 0) is 44.7 Å². The van der Waals surface area contributed by atoms with Gasteiger partial charge in [0.2, 0.25) is 5.91 Å². The Morgan fingerprint density at radius 1 is 1.06 bits per heavy atom. The van der Waals surface area contributed by atoms with Gasteiger partial charge in [0.05, 0.1) is 18.1 Å². The van der Waals surface area contributed by atoms with E-state index in [-0.39, 0.29) is 31.6 Å². The Labute approximate surface area is 205 Å². The third kappa shape index (κ3) is 3.45. The van der Waals surface area contributed by atoms with Gasteiger partial charge in [-0.3, -0.25) is 14.4 Å². The Bertz CT molecular complexity index is 1110. The number of aliphatic hydroxyl groups is 1. The monoisotopic (exact) mass is 480 g/mol. The quantitative estimate of drug-likeness (QED) is 0.524. The Balaban J connectivity index is 1.66. The minimum absolute atomic E-state index is 0.119. The van der Waals surface area contributed by atoms with Gasteiger partial charge in [-0.15, -0.1) is 0 Å². The van der Waals surface area contributed by atoms with Crippen LogP contribution in [-0.4, -0.2) is 71.3 Å². The zero-order valence-electron chi connectivity index (χ0n) is 20.4. The highest BCUT2D eigenvalue weighted by Gasteiger charge is 2.74. The molecule has 2 fully saturated rings. The molecule has 0 aliphatic carbocycles. The molecule has 2 amide bonds. The highest BCUT2D eigenvalue weighted by molar-refractivity contribution is 6.06. The number of likely N-dealkylation sites (tertiary alicyclic amines) is 1. The zero-order chi connectivity index (χ0) is 25.0. The number of rotatable bonds is 4. The van der Waals surface area contributed by atoms with Crippen LogP contribution in [0.1, 0.15) is 30.9 Å². The van der Waals surface area contributed by atoms with E-state index in [1.165, 1.54) is 4.90 Å². The van der Waals surface area contributed by atoms with Crippen LogP contribution in [0.2, 0.25) is 0 Å². The van der Waals surface area contributed by atoms with Gasteiger partial charge in [0.15, 0.2) is 0 Å². The number of cyclic esters (lactones) is 1. The largest absolute Gasteiger partial charge is 0.465 e. The number of anilines is 1. The van der Waals surface area contributed by atoms with Gasteiger partial charge in [0.25, 0.3) is 5.91 Å². The number of para-hydroxylation sites is 1. The molecule has 0 radical (unpaired) electrons. The summed E-state index contributed by atoms with van der Waals surface area (Å²) in [6.45, 7) is 6.35. The number of hydrogen-bond donors (Lipinski definition) is 1. The van der Waals surface area contributed by atoms with Crippen LogP contribution in [0.3, 0.4) is 0 Å². The van der Waals surface area contributed by atoms with Crippen molar-refractivity contribution >= 4 is 23.5 Å². The first kappa shape index (κ1) is 23.8. The number of aliphatic hydroxyl groups excluding tert-OH is 1. The molecule has 5 rings (SSSR count). The molecule has 0 bridgehead atoms. The van der Waals surface area contributed by atoms with Crippen molar-refractivity contribution in [2.75, 3.05) is 31.2 Å². The number of amides is 2. The van der Waals surface area contributed by atoms with Crippen LogP contribution >= 0.6 is 0 Å². The standard InChI is InChI=1S/C27H32N2O6/c1-17-9-6-10-18(2)21(17)28-13-7-12-27-19(23(31)29(14-8-15-30)22(27)24(28)32)20-25(33)34-16-5-4-11-26(20,3)35-27/h4,6-7,9-12,19-20,22,30H,5,8,13-16H2,1-3H3/t19-,20-,22?,26+,27-/m0/s1. The number of hydrogen-bond acceptors (Lipinski definition) is 6. The third-order valence-corrected chi connectivity index (χ3v) is 7.79. The average Bonchev–Trinajstić information content (AvgIpc) is 3.12. The van der Waals surface area contributed by atoms with E-state index in [1.54, 1.807) is 11.8 Å². The topological polar surface area (TPSA) is 96.4 Å². The number of ether oxygens (including phenoxy) is 2. The Morgan fingerprint density at radius 3 is 2.51 bits per heavy atom. The molecule has 2 saturated heterocycles. The molecular formula is C27H32N2O6. The summed E-state index contributed by atoms with van der Waals surface area (Å²) < 4.78 is 12.2. The van der Waals surface area contributed by atoms with Gasteiger partial charge in [0.1, 0.15) is 17.6 Å². The normalized spacial score (nSPS) is 34.2. The second-order valence-electron chi connectivity index (χ2n) is 10.1. The van der Waals surface area contributed by atoms with E-state index in [0.717, 1.165) is 16.8 Å². The molecule has 1 N–H and O–H groups in total. The minimum Gasteiger partial charge on any atom is -0.465 e. The predicted octanol–water partition coefficient (Wildman–Crippen LogP) is 2.06. The van der Waals surface area contributed by atoms with Gasteiger partial charge >= 0.3 is 5.97 Å². The summed E-state index contributed by atoms with van der Waals surface area (Å²) in [5.41, 5.74) is 0.321. The zero-order valence-corrected chi connectivity index (χ0v) is 20.4. The SMILES string of the molecule is Cc1cccc(C)c1N1CC=C[C@]23O[C@]4(C)C=CCCOC(=O)[C@@H]4[C@H]2C(=O)N(CCCO)C3C1=O. The lowest BCUT2D eigenvalue weighted by Crippen LogP contribution is -2.56. The smallest absolute Gasteiger partial charge is 0.313 e. The molecule has 1 spiro atoms. The first-order chi connectivity index (χ1) is 16.7. The van der Waals surface area contributed by atoms with Crippen molar-refractivity contribution in [2.45, 2.75) is 50.9 Å². The second kappa shape index (κ2) is 8.60. The highest BCUT2D eigenvalue weighted by Crippen LogP contribution is 2.57. The maximum Gasteiger partial charge on any atom is 0.313 e. The fourth-order valence-corrected chi connectivity index (χ4v) is 6.40. The van der Waals surface area contributed by atoms with E-state index < -0.39 is 35.0 Å². The van der Waals surface area contributed by atoms with Gasteiger partial charge in [-0.1, -0.05) is 42.5 Å². The summed E-state index contributed by atoms with van der Waals surface area (Å²) in [5.74, 6) is -2.82. The Kier molecular flexibility index (Phi) is 5.84. The maximum absolute atomic E-state index is 14.3. The first-order valence-electron chi connectivity index (χ1n) is 12.3. The Hall–Kier alpha value is -2.97. The molecule has 0 aromatic heterocycles. The minimum atomic E-state index is -1.32. The van der Waals surface area contributed by atoms with Crippen molar-refractivity contribution in [1.82, 2.24) is 4.90 Å². The molecule has 0 saturated carbocycles. The molecule has 4 aliphatic heterocycles. The van der Waals surface area contributed by atoms with E-state index in [0.29, 0.717) is 19.4 Å². The van der Waals surface area contributed by atoms with E-state index >= 15 is 0 Å². The second-order valence-corrected chi connectivity index (χ2v) is 10.1. The van der Waals surface area contributed by atoms with Crippen LogP contribution in [0.5, 0.6) is 0 Å². The molecule has 8 heteroatoms. The van der Waals surface area contributed by atoms with Crippen molar-refractivity contribution in [3.8, 4) is 0 Å². The molecule has 1 aromatic carbocycles. The van der Waals surface area contributed by atoms with E-state index in [2.05, 4.69) is 0 Å². The lowest BCUT2D eigenvalue weighted by Gasteiger charge is -2.38. The van der Waals surface area contributed by atoms with Crippen molar-refractivity contribution in [3.63, 3.8) is 0 Å². The number of aryl methyl sites for hydroxylation is 2. The average molecular weight is 481 g/mol. The van der Waals surface area contributed by atoms with Crippen LogP contribution < -0.4 is 4.90 Å². The summed E-state index contributed by atoms with van der Waals surface area (Å²) in [5, 5.41) is 9.51. The van der Waals surface area contributed by atoms with E-state index in [1.807, 2.05) is 56.4 Å². The predicted molar refractivity (Wildman–Crippen MR) is 129 cm³/mol. The van der Waals surface area contributed by atoms with E-state index in [4.69, 9.17) is 9.47 Å². The van der Waals surface area contributed by atoms with Crippen molar-refractivity contribution in [1.29, 1.82) is 0 Å². The fraction of sp³-hybridized carbons (Fsp3) is 0.519. The number of carbonyl (C=O) groups is 3. The molecular weight excluding hydrogens is 448 g/mol. The molecule has 8 nitrogen and oxygen atoms in total. The number of fused-ring (bicyclic) bond motifs is 2. The highest BCUT2D eigenvalue weighted by atomic mass is 16.6. The maximum atomic E-state index is 14.3. The van der Waals surface area contributed by atoms with Crippen molar-refractivity contribution < 1.29 is 29.0 Å². The lowest BCUT2D eigenvalue weighted by molar-refractivity contribution is -0.159. The summed E-state index contributed by atoms with van der Waals surface area (Å²) in [6.07, 6.45) is 8.33. The summed E-state index contributed by atoms with van der Waals surface area (Å²) in [4.78, 5) is 44.7. The molecule has 1 unspecified atom stereocenters. The first-order valence-corrected chi connectivity index (χ1v) is 12.3. The van der Waals surface area contributed by atoms with Gasteiger partial charge in [-0.25, -0.2) is 0 Å². The van der Waals surface area contributed by atoms with Crippen molar-refractivity contribution in [3.05, 3.63) is 53.6 Å². The summed E-state index contributed by atoms with van der Waals surface area (Å²) in [7, 11) is 0. The number of nitrogens with zero attached hydrogens (tertiary/aromatic N) is 2. The molecule has 1 aromatic rings.